The number of hydrogen-bond acceptors (Lipinski definition) is 5. The first kappa shape index (κ1) is 29.0. The molecule has 0 bridgehead atoms. The predicted octanol–water partition coefficient (Wildman–Crippen LogP) is 12.9. The number of benzene rings is 7. The summed E-state index contributed by atoms with van der Waals surface area (Å²) < 4.78 is 5.15. The molecule has 0 aliphatic rings. The van der Waals surface area contributed by atoms with Gasteiger partial charge in [0.2, 0.25) is 0 Å². The molecule has 3 aromatic heterocycles. The van der Waals surface area contributed by atoms with Crippen molar-refractivity contribution in [2.24, 2.45) is 0 Å². The van der Waals surface area contributed by atoms with E-state index in [1.165, 1.54) is 62.6 Å². The molecule has 10 aromatic rings. The lowest BCUT2D eigenvalue weighted by Gasteiger charge is -2.08. The molecule has 0 spiro atoms. The summed E-state index contributed by atoms with van der Waals surface area (Å²) in [5, 5.41) is 5.16. The quantitative estimate of drug-likeness (QED) is 0.182. The van der Waals surface area contributed by atoms with Crippen molar-refractivity contribution in [1.29, 1.82) is 0 Å². The van der Waals surface area contributed by atoms with E-state index >= 15 is 0 Å². The molecule has 234 valence electrons. The average Bonchev–Trinajstić information content (AvgIpc) is 3.76. The molecular weight excluding hydrogens is 647 g/mol. The monoisotopic (exact) mass is 673 g/mol. The highest BCUT2D eigenvalue weighted by atomic mass is 32.1. The summed E-state index contributed by atoms with van der Waals surface area (Å²) in [4.78, 5) is 14.8. The molecule has 0 aliphatic carbocycles. The Bertz CT molecular complexity index is 2800. The van der Waals surface area contributed by atoms with Gasteiger partial charge in [-0.1, -0.05) is 146 Å². The van der Waals surface area contributed by atoms with Crippen molar-refractivity contribution in [3.8, 4) is 56.4 Å². The smallest absolute Gasteiger partial charge is 0.164 e. The molecule has 50 heavy (non-hydrogen) atoms. The number of fused-ring (bicyclic) bond motifs is 6. The largest absolute Gasteiger partial charge is 0.208 e. The van der Waals surface area contributed by atoms with E-state index < -0.39 is 0 Å². The van der Waals surface area contributed by atoms with Crippen molar-refractivity contribution in [3.05, 3.63) is 164 Å². The summed E-state index contributed by atoms with van der Waals surface area (Å²) >= 11 is 3.69. The summed E-state index contributed by atoms with van der Waals surface area (Å²) in [7, 11) is 0. The van der Waals surface area contributed by atoms with Gasteiger partial charge < -0.3 is 0 Å². The molecule has 0 saturated heterocycles. The van der Waals surface area contributed by atoms with Crippen LogP contribution in [0.15, 0.2) is 164 Å². The van der Waals surface area contributed by atoms with E-state index in [0.717, 1.165) is 16.7 Å². The minimum absolute atomic E-state index is 0.669. The minimum atomic E-state index is 0.669. The predicted molar refractivity (Wildman–Crippen MR) is 213 cm³/mol. The van der Waals surface area contributed by atoms with Crippen LogP contribution in [0.2, 0.25) is 0 Å². The van der Waals surface area contributed by atoms with E-state index in [-0.39, 0.29) is 0 Å². The summed E-state index contributed by atoms with van der Waals surface area (Å²) in [5.41, 5.74) is 7.87. The van der Waals surface area contributed by atoms with Crippen LogP contribution in [0, 0.1) is 0 Å². The zero-order valence-electron chi connectivity index (χ0n) is 26.7. The van der Waals surface area contributed by atoms with Crippen LogP contribution in [-0.4, -0.2) is 15.0 Å². The minimum Gasteiger partial charge on any atom is -0.208 e. The van der Waals surface area contributed by atoms with E-state index in [2.05, 4.69) is 103 Å². The summed E-state index contributed by atoms with van der Waals surface area (Å²) in [6.07, 6.45) is 0. The maximum atomic E-state index is 4.95. The molecule has 5 heteroatoms. The number of nitrogens with zero attached hydrogens (tertiary/aromatic N) is 3. The fraction of sp³-hybridized carbons (Fsp3) is 0. The van der Waals surface area contributed by atoms with Gasteiger partial charge >= 0.3 is 0 Å². The van der Waals surface area contributed by atoms with Crippen molar-refractivity contribution in [2.75, 3.05) is 0 Å². The number of thiophene rings is 2. The molecule has 3 heterocycles. The fourth-order valence-corrected chi connectivity index (χ4v) is 9.27. The van der Waals surface area contributed by atoms with E-state index in [1.807, 2.05) is 83.3 Å². The Morgan fingerprint density at radius 2 is 0.800 bits per heavy atom. The normalized spacial score (nSPS) is 11.6. The third-order valence-electron chi connectivity index (χ3n) is 9.36. The number of hydrogen-bond donors (Lipinski definition) is 0. The standard InChI is InChI=1S/C45H27N3S2/c1-3-10-30(11-4-1)43-46-44(31-12-5-2-6-13-31)48-45(47-43)33-23-25-37-36-24-22-32(26-40(36)49-41(37)27-33)28-18-20-29(21-19-28)34-15-9-16-38-35-14-7-8-17-39(35)50-42(34)38/h1-27H. The van der Waals surface area contributed by atoms with Crippen LogP contribution in [0.5, 0.6) is 0 Å². The first-order valence-corrected chi connectivity index (χ1v) is 18.2. The molecule has 0 saturated carbocycles. The van der Waals surface area contributed by atoms with Gasteiger partial charge in [0.25, 0.3) is 0 Å². The fourth-order valence-electron chi connectivity index (χ4n) is 6.85. The van der Waals surface area contributed by atoms with Gasteiger partial charge in [0.05, 0.1) is 0 Å². The lowest BCUT2D eigenvalue weighted by atomic mass is 9.98. The van der Waals surface area contributed by atoms with Crippen LogP contribution < -0.4 is 0 Å². The Hall–Kier alpha value is -6.01. The van der Waals surface area contributed by atoms with Gasteiger partial charge in [0.15, 0.2) is 17.5 Å². The molecule has 0 N–H and O–H groups in total. The van der Waals surface area contributed by atoms with Gasteiger partial charge in [-0.05, 0) is 40.5 Å². The molecule has 10 rings (SSSR count). The Morgan fingerprint density at radius 3 is 1.48 bits per heavy atom. The zero-order valence-corrected chi connectivity index (χ0v) is 28.4. The van der Waals surface area contributed by atoms with Crippen molar-refractivity contribution in [1.82, 2.24) is 15.0 Å². The highest BCUT2D eigenvalue weighted by molar-refractivity contribution is 7.26. The van der Waals surface area contributed by atoms with Crippen LogP contribution in [0.4, 0.5) is 0 Å². The first-order valence-electron chi connectivity index (χ1n) is 16.6. The van der Waals surface area contributed by atoms with Gasteiger partial charge in [-0.25, -0.2) is 15.0 Å². The Balaban J connectivity index is 1.01. The van der Waals surface area contributed by atoms with Gasteiger partial charge in [0, 0.05) is 57.0 Å². The third-order valence-corrected chi connectivity index (χ3v) is 11.7. The van der Waals surface area contributed by atoms with Gasteiger partial charge in [-0.2, -0.15) is 0 Å². The highest BCUT2D eigenvalue weighted by Gasteiger charge is 2.15. The Morgan fingerprint density at radius 1 is 0.300 bits per heavy atom. The molecular formula is C45H27N3S2. The van der Waals surface area contributed by atoms with E-state index in [4.69, 9.17) is 15.0 Å². The Labute approximate surface area is 296 Å². The summed E-state index contributed by atoms with van der Waals surface area (Å²) in [6, 6.07) is 58.0. The van der Waals surface area contributed by atoms with Crippen molar-refractivity contribution in [2.45, 2.75) is 0 Å². The summed E-state index contributed by atoms with van der Waals surface area (Å²) in [5.74, 6) is 2.01. The molecule has 0 fully saturated rings. The van der Waals surface area contributed by atoms with E-state index in [0.29, 0.717) is 17.5 Å². The maximum absolute atomic E-state index is 4.95. The topological polar surface area (TPSA) is 38.7 Å². The van der Waals surface area contributed by atoms with Crippen LogP contribution in [0.1, 0.15) is 0 Å². The highest BCUT2D eigenvalue weighted by Crippen LogP contribution is 2.41. The van der Waals surface area contributed by atoms with Crippen LogP contribution in [-0.2, 0) is 0 Å². The molecule has 3 nitrogen and oxygen atoms in total. The SMILES string of the molecule is c1ccc(-c2nc(-c3ccccc3)nc(-c3ccc4c(c3)sc3cc(-c5ccc(-c6cccc7c6sc6ccccc67)cc5)ccc34)n2)cc1. The molecule has 7 aromatic carbocycles. The van der Waals surface area contributed by atoms with Crippen molar-refractivity contribution >= 4 is 63.0 Å². The average molecular weight is 674 g/mol. The number of rotatable bonds is 5. The second-order valence-corrected chi connectivity index (χ2v) is 14.6. The van der Waals surface area contributed by atoms with Crippen LogP contribution >= 0.6 is 22.7 Å². The zero-order chi connectivity index (χ0) is 33.0. The second kappa shape index (κ2) is 11.8. The number of aromatic nitrogens is 3. The van der Waals surface area contributed by atoms with Gasteiger partial charge in [0.1, 0.15) is 0 Å². The Kier molecular flexibility index (Phi) is 6.86. The lowest BCUT2D eigenvalue weighted by molar-refractivity contribution is 1.07. The molecule has 0 radical (unpaired) electrons. The molecule has 0 aliphatic heterocycles. The van der Waals surface area contributed by atoms with Crippen molar-refractivity contribution in [3.63, 3.8) is 0 Å². The first-order chi connectivity index (χ1) is 24.7. The van der Waals surface area contributed by atoms with Gasteiger partial charge in [-0.15, -0.1) is 22.7 Å². The molecule has 0 amide bonds. The van der Waals surface area contributed by atoms with Crippen LogP contribution in [0.25, 0.3) is 96.8 Å². The molecule has 0 unspecified atom stereocenters. The molecule has 0 atom stereocenters. The van der Waals surface area contributed by atoms with E-state index in [9.17, 15) is 0 Å². The lowest BCUT2D eigenvalue weighted by Crippen LogP contribution is -1.99. The second-order valence-electron chi connectivity index (χ2n) is 12.4. The summed E-state index contributed by atoms with van der Waals surface area (Å²) in [6.45, 7) is 0. The third kappa shape index (κ3) is 4.98. The van der Waals surface area contributed by atoms with Gasteiger partial charge in [-0.3, -0.25) is 0 Å². The maximum Gasteiger partial charge on any atom is 0.164 e. The van der Waals surface area contributed by atoms with Crippen LogP contribution in [0.3, 0.4) is 0 Å². The van der Waals surface area contributed by atoms with E-state index in [1.54, 1.807) is 0 Å². The van der Waals surface area contributed by atoms with Crippen molar-refractivity contribution < 1.29 is 0 Å².